The maximum Gasteiger partial charge on any atom is 0.344 e. The van der Waals surface area contributed by atoms with E-state index in [1.807, 2.05) is 12.1 Å². The number of fused-ring (bicyclic) bond motifs is 3. The molecular weight excluding hydrogens is 345 g/mol. The molecule has 2 bridgehead atoms. The highest BCUT2D eigenvalue weighted by Crippen LogP contribution is 2.31. The Hall–Kier alpha value is -2.66. The van der Waals surface area contributed by atoms with Crippen LogP contribution in [0.15, 0.2) is 57.7 Å². The lowest BCUT2D eigenvalue weighted by molar-refractivity contribution is 0.137. The zero-order chi connectivity index (χ0) is 18.4. The summed E-state index contributed by atoms with van der Waals surface area (Å²) in [5.74, 6) is 0.335. The van der Waals surface area contributed by atoms with Gasteiger partial charge in [0.15, 0.2) is 0 Å². The lowest BCUT2D eigenvalue weighted by Gasteiger charge is -2.29. The van der Waals surface area contributed by atoms with E-state index in [9.17, 15) is 9.18 Å². The molecule has 0 aliphatic carbocycles. The van der Waals surface area contributed by atoms with Crippen molar-refractivity contribution >= 4 is 11.0 Å². The molecule has 0 amide bonds. The number of piperidine rings is 1. The van der Waals surface area contributed by atoms with Gasteiger partial charge in [-0.25, -0.2) is 9.18 Å². The molecule has 2 fully saturated rings. The van der Waals surface area contributed by atoms with Gasteiger partial charge in [0.1, 0.15) is 23.3 Å². The van der Waals surface area contributed by atoms with E-state index >= 15 is 0 Å². The first-order chi connectivity index (χ1) is 13.1. The molecule has 1 aromatic heterocycles. The van der Waals surface area contributed by atoms with Crippen molar-refractivity contribution in [1.29, 1.82) is 0 Å². The highest BCUT2D eigenvalue weighted by atomic mass is 19.1. The van der Waals surface area contributed by atoms with E-state index in [-0.39, 0.29) is 11.9 Å². The first-order valence-electron chi connectivity index (χ1n) is 9.40. The Kier molecular flexibility index (Phi) is 3.97. The van der Waals surface area contributed by atoms with Crippen molar-refractivity contribution in [2.24, 2.45) is 0 Å². The van der Waals surface area contributed by atoms with E-state index in [1.165, 1.54) is 25.0 Å². The van der Waals surface area contributed by atoms with Gasteiger partial charge in [-0.05, 0) is 61.6 Å². The van der Waals surface area contributed by atoms with Gasteiger partial charge >= 0.3 is 5.63 Å². The smallest absolute Gasteiger partial charge is 0.344 e. The van der Waals surface area contributed by atoms with Gasteiger partial charge in [0.25, 0.3) is 0 Å². The molecule has 1 N–H and O–H groups in total. The van der Waals surface area contributed by atoms with Gasteiger partial charge in [-0.2, -0.15) is 0 Å². The standard InChI is InChI=1S/C22H20FNO3/c23-15-3-1-2-13(8-15)20-9-14-4-7-18(12-21(14)27-22(20)25)26-19-10-16-5-6-17(11-19)24-16/h1-4,7-9,12,16-17,19,24H,5-6,10-11H2/t16-,17-/m1/s1. The molecule has 5 rings (SSSR count). The Labute approximate surface area is 156 Å². The van der Waals surface area contributed by atoms with Gasteiger partial charge in [-0.1, -0.05) is 12.1 Å². The quantitative estimate of drug-likeness (QED) is 0.705. The zero-order valence-electron chi connectivity index (χ0n) is 14.8. The summed E-state index contributed by atoms with van der Waals surface area (Å²) < 4.78 is 25.1. The Morgan fingerprint density at radius 1 is 1.04 bits per heavy atom. The summed E-state index contributed by atoms with van der Waals surface area (Å²) in [5, 5.41) is 4.39. The number of ether oxygens (including phenoxy) is 1. The fourth-order valence-electron chi connectivity index (χ4n) is 4.32. The summed E-state index contributed by atoms with van der Waals surface area (Å²) in [6.07, 6.45) is 4.66. The zero-order valence-corrected chi connectivity index (χ0v) is 14.8. The maximum absolute atomic E-state index is 13.5. The third-order valence-corrected chi connectivity index (χ3v) is 5.58. The minimum absolute atomic E-state index is 0.194. The third-order valence-electron chi connectivity index (χ3n) is 5.58. The van der Waals surface area contributed by atoms with E-state index in [1.54, 1.807) is 24.3 Å². The minimum atomic E-state index is -0.481. The Morgan fingerprint density at radius 3 is 2.63 bits per heavy atom. The number of hydrogen-bond acceptors (Lipinski definition) is 4. The number of rotatable bonds is 3. The number of hydrogen-bond donors (Lipinski definition) is 1. The summed E-state index contributed by atoms with van der Waals surface area (Å²) >= 11 is 0. The summed E-state index contributed by atoms with van der Waals surface area (Å²) in [7, 11) is 0. The van der Waals surface area contributed by atoms with Gasteiger partial charge in [0, 0.05) is 23.5 Å². The van der Waals surface area contributed by atoms with E-state index in [4.69, 9.17) is 9.15 Å². The second-order valence-corrected chi connectivity index (χ2v) is 7.51. The van der Waals surface area contributed by atoms with Crippen molar-refractivity contribution < 1.29 is 13.5 Å². The van der Waals surface area contributed by atoms with Crippen LogP contribution in [-0.4, -0.2) is 18.2 Å². The van der Waals surface area contributed by atoms with Crippen LogP contribution in [0, 0.1) is 5.82 Å². The lowest BCUT2D eigenvalue weighted by atomic mass is 10.0. The second-order valence-electron chi connectivity index (χ2n) is 7.51. The van der Waals surface area contributed by atoms with Gasteiger partial charge < -0.3 is 14.5 Å². The van der Waals surface area contributed by atoms with Crippen LogP contribution >= 0.6 is 0 Å². The van der Waals surface area contributed by atoms with Crippen LogP contribution in [0.5, 0.6) is 5.75 Å². The number of halogens is 1. The molecule has 138 valence electrons. The molecular formula is C22H20FNO3. The highest BCUT2D eigenvalue weighted by Gasteiger charge is 2.34. The summed E-state index contributed by atoms with van der Waals surface area (Å²) in [5.41, 5.74) is 0.862. The van der Waals surface area contributed by atoms with Crippen LogP contribution in [0.25, 0.3) is 22.1 Å². The fourth-order valence-corrected chi connectivity index (χ4v) is 4.32. The normalized spacial score (nSPS) is 24.3. The van der Waals surface area contributed by atoms with E-state index in [0.29, 0.717) is 28.8 Å². The molecule has 4 nitrogen and oxygen atoms in total. The van der Waals surface area contributed by atoms with Crippen LogP contribution in [0.1, 0.15) is 25.7 Å². The maximum atomic E-state index is 13.5. The Balaban J connectivity index is 1.44. The van der Waals surface area contributed by atoms with Gasteiger partial charge in [-0.15, -0.1) is 0 Å². The van der Waals surface area contributed by atoms with Crippen LogP contribution in [-0.2, 0) is 0 Å². The molecule has 2 aliphatic rings. The van der Waals surface area contributed by atoms with E-state index in [0.717, 1.165) is 24.0 Å². The van der Waals surface area contributed by atoms with Crippen LogP contribution in [0.3, 0.4) is 0 Å². The first-order valence-corrected chi connectivity index (χ1v) is 9.40. The topological polar surface area (TPSA) is 51.5 Å². The van der Waals surface area contributed by atoms with Gasteiger partial charge in [-0.3, -0.25) is 0 Å². The van der Waals surface area contributed by atoms with Gasteiger partial charge in [0.05, 0.1) is 5.56 Å². The Bertz CT molecular complexity index is 1050. The molecule has 2 aliphatic heterocycles. The second kappa shape index (κ2) is 6.50. The summed E-state index contributed by atoms with van der Waals surface area (Å²) in [4.78, 5) is 12.4. The molecule has 2 atom stereocenters. The van der Waals surface area contributed by atoms with E-state index < -0.39 is 5.63 Å². The molecule has 0 spiro atoms. The average molecular weight is 365 g/mol. The third kappa shape index (κ3) is 3.23. The van der Waals surface area contributed by atoms with Crippen molar-refractivity contribution in [2.45, 2.75) is 43.9 Å². The van der Waals surface area contributed by atoms with Crippen LogP contribution < -0.4 is 15.7 Å². The summed E-state index contributed by atoms with van der Waals surface area (Å²) in [6.45, 7) is 0. The molecule has 3 aromatic rings. The first kappa shape index (κ1) is 16.5. The van der Waals surface area contributed by atoms with Crippen LogP contribution in [0.4, 0.5) is 4.39 Å². The molecule has 0 unspecified atom stereocenters. The monoisotopic (exact) mass is 365 g/mol. The van der Waals surface area contributed by atoms with Gasteiger partial charge in [0.2, 0.25) is 0 Å². The number of nitrogens with one attached hydrogen (secondary N) is 1. The predicted octanol–water partition coefficient (Wildman–Crippen LogP) is 4.26. The molecule has 0 radical (unpaired) electrons. The van der Waals surface area contributed by atoms with Crippen molar-refractivity contribution in [2.75, 3.05) is 0 Å². The van der Waals surface area contributed by atoms with Crippen LogP contribution in [0.2, 0.25) is 0 Å². The molecule has 2 aromatic carbocycles. The summed E-state index contributed by atoms with van der Waals surface area (Å²) in [6, 6.07) is 14.4. The number of benzene rings is 2. The fraction of sp³-hybridized carbons (Fsp3) is 0.318. The predicted molar refractivity (Wildman–Crippen MR) is 101 cm³/mol. The minimum Gasteiger partial charge on any atom is -0.490 e. The molecule has 27 heavy (non-hydrogen) atoms. The average Bonchev–Trinajstić information content (AvgIpc) is 2.99. The Morgan fingerprint density at radius 2 is 1.85 bits per heavy atom. The van der Waals surface area contributed by atoms with Crippen molar-refractivity contribution in [3.63, 3.8) is 0 Å². The van der Waals surface area contributed by atoms with Crippen molar-refractivity contribution in [3.05, 3.63) is 64.8 Å². The highest BCUT2D eigenvalue weighted by molar-refractivity contribution is 5.82. The largest absolute Gasteiger partial charge is 0.490 e. The SMILES string of the molecule is O=c1oc2cc(OC3C[C@H]4CC[C@H](C3)N4)ccc2cc1-c1cccc(F)c1. The molecule has 5 heteroatoms. The lowest BCUT2D eigenvalue weighted by Crippen LogP contribution is -2.42. The van der Waals surface area contributed by atoms with Crippen molar-refractivity contribution in [3.8, 4) is 16.9 Å². The molecule has 2 saturated heterocycles. The molecule has 0 saturated carbocycles. The van der Waals surface area contributed by atoms with E-state index in [2.05, 4.69) is 5.32 Å². The van der Waals surface area contributed by atoms with Crippen molar-refractivity contribution in [1.82, 2.24) is 5.32 Å². The molecule has 3 heterocycles.